The van der Waals surface area contributed by atoms with Gasteiger partial charge in [0.05, 0.1) is 19.2 Å². The van der Waals surface area contributed by atoms with Gasteiger partial charge in [0.25, 0.3) is 0 Å². The number of para-hydroxylation sites is 1. The molecule has 0 bridgehead atoms. The van der Waals surface area contributed by atoms with Crippen LogP contribution in [0.2, 0.25) is 5.02 Å². The molecule has 0 saturated heterocycles. The highest BCUT2D eigenvalue weighted by Crippen LogP contribution is 2.41. The number of ether oxygens (including phenoxy) is 2. The van der Waals surface area contributed by atoms with Crippen LogP contribution in [0.5, 0.6) is 11.5 Å². The number of rotatable bonds is 4. The first kappa shape index (κ1) is 14.5. The fraction of sp³-hybridized carbons (Fsp3) is 0.250. The molecule has 0 aliphatic rings. The van der Waals surface area contributed by atoms with Crippen molar-refractivity contribution in [3.63, 3.8) is 0 Å². The van der Waals surface area contributed by atoms with E-state index in [1.165, 1.54) is 0 Å². The molecule has 0 spiro atoms. The molecule has 2 aromatic carbocycles. The number of hydrogen-bond donors (Lipinski definition) is 0. The average Bonchev–Trinajstić information content (AvgIpc) is 2.46. The van der Waals surface area contributed by atoms with Gasteiger partial charge in [-0.3, -0.25) is 0 Å². The third-order valence-corrected chi connectivity index (χ3v) is 3.47. The fourth-order valence-electron chi connectivity index (χ4n) is 2.10. The highest BCUT2D eigenvalue weighted by atomic mass is 35.5. The molecule has 0 N–H and O–H groups in total. The lowest BCUT2D eigenvalue weighted by Crippen LogP contribution is -2.08. The summed E-state index contributed by atoms with van der Waals surface area (Å²) >= 11 is 6.41. The molecule has 106 valence electrons. The molecule has 0 amide bonds. The molecule has 3 nitrogen and oxygen atoms in total. The van der Waals surface area contributed by atoms with Crippen molar-refractivity contribution in [1.82, 2.24) is 0 Å². The maximum Gasteiger partial charge on any atom is 0.168 e. The third kappa shape index (κ3) is 2.68. The van der Waals surface area contributed by atoms with Crippen LogP contribution in [-0.4, -0.2) is 28.3 Å². The quantitative estimate of drug-likeness (QED) is 0.847. The van der Waals surface area contributed by atoms with Crippen LogP contribution in [0.3, 0.4) is 0 Å². The summed E-state index contributed by atoms with van der Waals surface area (Å²) in [6, 6.07) is 11.7. The van der Waals surface area contributed by atoms with Crippen LogP contribution in [-0.2, 0) is 0 Å². The predicted molar refractivity (Wildman–Crippen MR) is 84.3 cm³/mol. The van der Waals surface area contributed by atoms with Crippen molar-refractivity contribution in [3.8, 4) is 22.6 Å². The smallest absolute Gasteiger partial charge is 0.168 e. The Labute approximate surface area is 124 Å². The molecule has 0 saturated carbocycles. The van der Waals surface area contributed by atoms with Gasteiger partial charge in [-0.05, 0) is 18.2 Å². The SMILES string of the molecule is COc1cccc(-c2ccc(N(C)C)cc2Cl)c1OC. The number of halogens is 1. The zero-order chi connectivity index (χ0) is 14.7. The maximum atomic E-state index is 6.41. The number of hydrogen-bond acceptors (Lipinski definition) is 3. The molecule has 0 aromatic heterocycles. The van der Waals surface area contributed by atoms with Crippen molar-refractivity contribution < 1.29 is 9.47 Å². The Morgan fingerprint density at radius 1 is 0.950 bits per heavy atom. The van der Waals surface area contributed by atoms with Gasteiger partial charge in [-0.25, -0.2) is 0 Å². The van der Waals surface area contributed by atoms with Gasteiger partial charge >= 0.3 is 0 Å². The second-order valence-corrected chi connectivity index (χ2v) is 5.01. The normalized spacial score (nSPS) is 10.2. The minimum atomic E-state index is 0.683. The zero-order valence-corrected chi connectivity index (χ0v) is 12.9. The Morgan fingerprint density at radius 2 is 1.70 bits per heavy atom. The second-order valence-electron chi connectivity index (χ2n) is 4.60. The van der Waals surface area contributed by atoms with Crippen LogP contribution in [0.25, 0.3) is 11.1 Å². The van der Waals surface area contributed by atoms with E-state index < -0.39 is 0 Å². The van der Waals surface area contributed by atoms with Gasteiger partial charge in [-0.1, -0.05) is 29.8 Å². The summed E-state index contributed by atoms with van der Waals surface area (Å²) < 4.78 is 10.8. The van der Waals surface area contributed by atoms with E-state index in [0.29, 0.717) is 16.5 Å². The highest BCUT2D eigenvalue weighted by Gasteiger charge is 2.14. The molecule has 0 radical (unpaired) electrons. The summed E-state index contributed by atoms with van der Waals surface area (Å²) in [5.41, 5.74) is 2.90. The average molecular weight is 292 g/mol. The Morgan fingerprint density at radius 3 is 2.25 bits per heavy atom. The van der Waals surface area contributed by atoms with Crippen LogP contribution < -0.4 is 14.4 Å². The van der Waals surface area contributed by atoms with Crippen molar-refractivity contribution in [2.45, 2.75) is 0 Å². The first-order valence-corrected chi connectivity index (χ1v) is 6.64. The topological polar surface area (TPSA) is 21.7 Å². The van der Waals surface area contributed by atoms with E-state index >= 15 is 0 Å². The standard InChI is InChI=1S/C16H18ClNO2/c1-18(2)11-8-9-12(14(17)10-11)13-6-5-7-15(19-3)16(13)20-4/h5-10H,1-4H3. The molecule has 2 aromatic rings. The Bertz CT molecular complexity index is 611. The zero-order valence-electron chi connectivity index (χ0n) is 12.1. The molecule has 20 heavy (non-hydrogen) atoms. The summed E-state index contributed by atoms with van der Waals surface area (Å²) in [5, 5.41) is 0.683. The molecular weight excluding hydrogens is 274 g/mol. The lowest BCUT2D eigenvalue weighted by Gasteiger charge is -2.16. The molecule has 0 heterocycles. The minimum absolute atomic E-state index is 0.683. The second kappa shape index (κ2) is 6.06. The van der Waals surface area contributed by atoms with Crippen LogP contribution in [0.4, 0.5) is 5.69 Å². The van der Waals surface area contributed by atoms with Gasteiger partial charge in [0.2, 0.25) is 0 Å². The first-order chi connectivity index (χ1) is 9.58. The summed E-state index contributed by atoms with van der Waals surface area (Å²) in [6.45, 7) is 0. The van der Waals surface area contributed by atoms with E-state index in [0.717, 1.165) is 16.8 Å². The van der Waals surface area contributed by atoms with E-state index in [2.05, 4.69) is 0 Å². The van der Waals surface area contributed by atoms with E-state index in [9.17, 15) is 0 Å². The number of benzene rings is 2. The number of anilines is 1. The summed E-state index contributed by atoms with van der Waals surface area (Å²) in [5.74, 6) is 1.38. The summed E-state index contributed by atoms with van der Waals surface area (Å²) in [6.07, 6.45) is 0. The van der Waals surface area contributed by atoms with Crippen LogP contribution in [0.15, 0.2) is 36.4 Å². The van der Waals surface area contributed by atoms with Gasteiger partial charge < -0.3 is 14.4 Å². The Kier molecular flexibility index (Phi) is 4.40. The lowest BCUT2D eigenvalue weighted by molar-refractivity contribution is 0.356. The van der Waals surface area contributed by atoms with Crippen LogP contribution in [0, 0.1) is 0 Å². The maximum absolute atomic E-state index is 6.41. The molecule has 0 unspecified atom stereocenters. The third-order valence-electron chi connectivity index (χ3n) is 3.16. The van der Waals surface area contributed by atoms with Crippen molar-refractivity contribution in [2.75, 3.05) is 33.2 Å². The summed E-state index contributed by atoms with van der Waals surface area (Å²) in [4.78, 5) is 2.01. The molecular formula is C16H18ClNO2. The van der Waals surface area contributed by atoms with Crippen LogP contribution in [0.1, 0.15) is 0 Å². The summed E-state index contributed by atoms with van der Waals surface area (Å²) in [7, 11) is 7.22. The Hall–Kier alpha value is -1.87. The molecule has 0 atom stereocenters. The molecule has 0 aliphatic heterocycles. The van der Waals surface area contributed by atoms with Crippen molar-refractivity contribution in [3.05, 3.63) is 41.4 Å². The van der Waals surface area contributed by atoms with Gasteiger partial charge in [0, 0.05) is 30.9 Å². The minimum Gasteiger partial charge on any atom is -0.493 e. The van der Waals surface area contributed by atoms with E-state index in [1.807, 2.05) is 55.4 Å². The van der Waals surface area contributed by atoms with E-state index in [4.69, 9.17) is 21.1 Å². The van der Waals surface area contributed by atoms with Gasteiger partial charge in [-0.2, -0.15) is 0 Å². The largest absolute Gasteiger partial charge is 0.493 e. The van der Waals surface area contributed by atoms with Gasteiger partial charge in [-0.15, -0.1) is 0 Å². The molecule has 0 aliphatic carbocycles. The fourth-order valence-corrected chi connectivity index (χ4v) is 2.38. The highest BCUT2D eigenvalue weighted by molar-refractivity contribution is 6.33. The van der Waals surface area contributed by atoms with Crippen LogP contribution >= 0.6 is 11.6 Å². The number of methoxy groups -OCH3 is 2. The number of nitrogens with zero attached hydrogens (tertiary/aromatic N) is 1. The van der Waals surface area contributed by atoms with Gasteiger partial charge in [0.15, 0.2) is 11.5 Å². The predicted octanol–water partition coefficient (Wildman–Crippen LogP) is 4.09. The van der Waals surface area contributed by atoms with Crippen molar-refractivity contribution in [2.24, 2.45) is 0 Å². The molecule has 4 heteroatoms. The van der Waals surface area contributed by atoms with Crippen molar-refractivity contribution in [1.29, 1.82) is 0 Å². The first-order valence-electron chi connectivity index (χ1n) is 6.26. The van der Waals surface area contributed by atoms with Crippen molar-refractivity contribution >= 4 is 17.3 Å². The van der Waals surface area contributed by atoms with Gasteiger partial charge in [0.1, 0.15) is 0 Å². The monoisotopic (exact) mass is 291 g/mol. The molecule has 2 rings (SSSR count). The Balaban J connectivity index is 2.57. The molecule has 0 fully saturated rings. The van der Waals surface area contributed by atoms with E-state index in [1.54, 1.807) is 14.2 Å². The van der Waals surface area contributed by atoms with E-state index in [-0.39, 0.29) is 0 Å². The lowest BCUT2D eigenvalue weighted by atomic mass is 10.0.